The molecule has 2 N–H and O–H groups in total. The van der Waals surface area contributed by atoms with Crippen LogP contribution >= 0.6 is 11.3 Å². The molecule has 6 heteroatoms. The third kappa shape index (κ3) is 4.17. The van der Waals surface area contributed by atoms with E-state index in [2.05, 4.69) is 40.2 Å². The number of nitrogens with zero attached hydrogens (tertiary/aromatic N) is 2. The normalized spacial score (nSPS) is 17.5. The molecule has 24 heavy (non-hydrogen) atoms. The van der Waals surface area contributed by atoms with Gasteiger partial charge < -0.3 is 10.6 Å². The van der Waals surface area contributed by atoms with E-state index in [0.29, 0.717) is 12.5 Å². The molecule has 3 rings (SSSR count). The van der Waals surface area contributed by atoms with Crippen LogP contribution in [0.4, 0.5) is 4.79 Å². The van der Waals surface area contributed by atoms with Gasteiger partial charge in [-0.3, -0.25) is 4.68 Å². The van der Waals surface area contributed by atoms with Gasteiger partial charge in [-0.25, -0.2) is 4.79 Å². The van der Waals surface area contributed by atoms with Gasteiger partial charge in [0.1, 0.15) is 0 Å². The van der Waals surface area contributed by atoms with Crippen molar-refractivity contribution in [3.8, 4) is 0 Å². The Labute approximate surface area is 147 Å². The molecule has 0 saturated heterocycles. The average molecular weight is 347 g/mol. The van der Waals surface area contributed by atoms with Gasteiger partial charge in [0.05, 0.1) is 0 Å². The van der Waals surface area contributed by atoms with Crippen molar-refractivity contribution < 1.29 is 4.79 Å². The number of thiophene rings is 1. The molecule has 0 spiro atoms. The minimum Gasteiger partial charge on any atom is -0.338 e. The van der Waals surface area contributed by atoms with Crippen molar-refractivity contribution >= 4 is 17.4 Å². The molecule has 2 amide bonds. The Balaban J connectivity index is 1.44. The molecule has 5 nitrogen and oxygen atoms in total. The van der Waals surface area contributed by atoms with E-state index in [4.69, 9.17) is 0 Å². The predicted octanol–water partition coefficient (Wildman–Crippen LogP) is 3.39. The fourth-order valence-electron chi connectivity index (χ4n) is 3.51. The van der Waals surface area contributed by atoms with Crippen molar-refractivity contribution in [1.29, 1.82) is 0 Å². The third-order valence-corrected chi connectivity index (χ3v) is 5.98. The van der Waals surface area contributed by atoms with Gasteiger partial charge in [0, 0.05) is 42.3 Å². The Kier molecular flexibility index (Phi) is 5.56. The lowest BCUT2D eigenvalue weighted by molar-refractivity contribution is 0.235. The minimum atomic E-state index is -0.0647. The largest absolute Gasteiger partial charge is 0.338 e. The predicted molar refractivity (Wildman–Crippen MR) is 97.3 cm³/mol. The highest BCUT2D eigenvalue weighted by atomic mass is 32.1. The van der Waals surface area contributed by atoms with E-state index in [9.17, 15) is 4.79 Å². The molecular weight excluding hydrogens is 320 g/mol. The SMILES string of the molecule is CC(CNC(=O)NCC1(c2cccs2)CCCC1)Cn1cccn1. The van der Waals surface area contributed by atoms with E-state index in [0.717, 1.165) is 13.1 Å². The Morgan fingerprint density at radius 2 is 2.21 bits per heavy atom. The highest BCUT2D eigenvalue weighted by Crippen LogP contribution is 2.42. The quantitative estimate of drug-likeness (QED) is 0.807. The summed E-state index contributed by atoms with van der Waals surface area (Å²) < 4.78 is 1.90. The van der Waals surface area contributed by atoms with E-state index >= 15 is 0 Å². The number of carbonyl (C=O) groups excluding carboxylic acids is 1. The fourth-order valence-corrected chi connectivity index (χ4v) is 4.50. The summed E-state index contributed by atoms with van der Waals surface area (Å²) in [6.07, 6.45) is 8.57. The van der Waals surface area contributed by atoms with Crippen molar-refractivity contribution in [2.24, 2.45) is 5.92 Å². The second-order valence-electron chi connectivity index (χ2n) is 6.86. The Morgan fingerprint density at radius 3 is 2.88 bits per heavy atom. The number of nitrogens with one attached hydrogen (secondary N) is 2. The lowest BCUT2D eigenvalue weighted by atomic mass is 9.84. The molecule has 1 saturated carbocycles. The molecule has 1 fully saturated rings. The summed E-state index contributed by atoms with van der Waals surface area (Å²) in [5, 5.41) is 12.4. The summed E-state index contributed by atoms with van der Waals surface area (Å²) in [6, 6.07) is 6.17. The maximum atomic E-state index is 12.2. The van der Waals surface area contributed by atoms with Crippen LogP contribution in [0.25, 0.3) is 0 Å². The molecule has 0 aromatic carbocycles. The van der Waals surface area contributed by atoms with E-state index < -0.39 is 0 Å². The summed E-state index contributed by atoms with van der Waals surface area (Å²) in [5.41, 5.74) is 0.145. The average Bonchev–Trinajstić information content (AvgIpc) is 3.32. The highest BCUT2D eigenvalue weighted by molar-refractivity contribution is 7.10. The maximum absolute atomic E-state index is 12.2. The van der Waals surface area contributed by atoms with Crippen molar-refractivity contribution in [3.63, 3.8) is 0 Å². The first-order valence-corrected chi connectivity index (χ1v) is 9.59. The highest BCUT2D eigenvalue weighted by Gasteiger charge is 2.36. The summed E-state index contributed by atoms with van der Waals surface area (Å²) in [4.78, 5) is 13.6. The van der Waals surface area contributed by atoms with Crippen LogP contribution in [0.1, 0.15) is 37.5 Å². The topological polar surface area (TPSA) is 59.0 Å². The Hall–Kier alpha value is -1.82. The first-order valence-electron chi connectivity index (χ1n) is 8.71. The Bertz CT molecular complexity index is 618. The van der Waals surface area contributed by atoms with Crippen LogP contribution in [0.2, 0.25) is 0 Å². The first kappa shape index (κ1) is 17.0. The van der Waals surface area contributed by atoms with E-state index in [1.54, 1.807) is 6.20 Å². The lowest BCUT2D eigenvalue weighted by Gasteiger charge is -2.28. The summed E-state index contributed by atoms with van der Waals surface area (Å²) in [5.74, 6) is 0.341. The lowest BCUT2D eigenvalue weighted by Crippen LogP contribution is -2.44. The molecule has 2 aromatic rings. The monoisotopic (exact) mass is 346 g/mol. The molecule has 130 valence electrons. The van der Waals surface area contributed by atoms with E-state index in [-0.39, 0.29) is 11.4 Å². The molecule has 2 aromatic heterocycles. The van der Waals surface area contributed by atoms with Crippen LogP contribution in [-0.4, -0.2) is 28.9 Å². The van der Waals surface area contributed by atoms with Crippen LogP contribution in [-0.2, 0) is 12.0 Å². The smallest absolute Gasteiger partial charge is 0.314 e. The van der Waals surface area contributed by atoms with Gasteiger partial charge in [0.2, 0.25) is 0 Å². The van der Waals surface area contributed by atoms with Gasteiger partial charge in [0.25, 0.3) is 0 Å². The molecule has 2 heterocycles. The van der Waals surface area contributed by atoms with E-state index in [1.165, 1.54) is 30.6 Å². The zero-order chi connectivity index (χ0) is 16.8. The number of urea groups is 1. The minimum absolute atomic E-state index is 0.0647. The van der Waals surface area contributed by atoms with E-state index in [1.807, 2.05) is 28.3 Å². The van der Waals surface area contributed by atoms with Gasteiger partial charge >= 0.3 is 6.03 Å². The molecule has 1 aliphatic rings. The number of hydrogen-bond acceptors (Lipinski definition) is 3. The van der Waals surface area contributed by atoms with Crippen LogP contribution < -0.4 is 10.6 Å². The molecule has 1 aliphatic carbocycles. The van der Waals surface area contributed by atoms with Gasteiger partial charge in [-0.1, -0.05) is 25.8 Å². The first-order chi connectivity index (χ1) is 11.7. The van der Waals surface area contributed by atoms with Crippen molar-refractivity contribution in [3.05, 3.63) is 40.8 Å². The summed E-state index contributed by atoms with van der Waals surface area (Å²) in [6.45, 7) is 4.31. The number of rotatable bonds is 7. The fraction of sp³-hybridized carbons (Fsp3) is 0.556. The van der Waals surface area contributed by atoms with Gasteiger partial charge in [-0.2, -0.15) is 5.10 Å². The van der Waals surface area contributed by atoms with Gasteiger partial charge in [-0.15, -0.1) is 11.3 Å². The standard InChI is InChI=1S/C18H26N4OS/c1-15(13-22-10-5-9-21-22)12-19-17(23)20-14-18(7-2-3-8-18)16-6-4-11-24-16/h4-6,9-11,15H,2-3,7-8,12-14H2,1H3,(H2,19,20,23). The number of carbonyl (C=O) groups is 1. The summed E-state index contributed by atoms with van der Waals surface area (Å²) in [7, 11) is 0. The van der Waals surface area contributed by atoms with Crippen molar-refractivity contribution in [2.45, 2.75) is 44.6 Å². The Morgan fingerprint density at radius 1 is 1.38 bits per heavy atom. The third-order valence-electron chi connectivity index (χ3n) is 4.86. The molecule has 0 radical (unpaired) electrons. The van der Waals surface area contributed by atoms with Crippen LogP contribution in [0, 0.1) is 5.92 Å². The molecule has 0 bridgehead atoms. The number of hydrogen-bond donors (Lipinski definition) is 2. The number of aromatic nitrogens is 2. The van der Waals surface area contributed by atoms with Crippen LogP contribution in [0.3, 0.4) is 0 Å². The van der Waals surface area contributed by atoms with Gasteiger partial charge in [0.15, 0.2) is 0 Å². The number of amides is 2. The van der Waals surface area contributed by atoms with Crippen molar-refractivity contribution in [2.75, 3.05) is 13.1 Å². The van der Waals surface area contributed by atoms with Crippen molar-refractivity contribution in [1.82, 2.24) is 20.4 Å². The zero-order valence-electron chi connectivity index (χ0n) is 14.2. The van der Waals surface area contributed by atoms with Crippen LogP contribution in [0.5, 0.6) is 0 Å². The van der Waals surface area contributed by atoms with Crippen LogP contribution in [0.15, 0.2) is 36.0 Å². The molecule has 1 unspecified atom stereocenters. The maximum Gasteiger partial charge on any atom is 0.314 e. The zero-order valence-corrected chi connectivity index (χ0v) is 15.0. The summed E-state index contributed by atoms with van der Waals surface area (Å²) >= 11 is 1.81. The second kappa shape index (κ2) is 7.83. The molecular formula is C18H26N4OS. The molecule has 0 aliphatic heterocycles. The second-order valence-corrected chi connectivity index (χ2v) is 7.81. The van der Waals surface area contributed by atoms with Gasteiger partial charge in [-0.05, 0) is 36.3 Å². The molecule has 1 atom stereocenters.